The van der Waals surface area contributed by atoms with Gasteiger partial charge in [-0.3, -0.25) is 0 Å². The van der Waals surface area contributed by atoms with E-state index in [2.05, 4.69) is 0 Å². The zero-order valence-electron chi connectivity index (χ0n) is 12.3. The molecule has 3 aromatic rings. The van der Waals surface area contributed by atoms with Crippen LogP contribution in [0.1, 0.15) is 16.7 Å². The van der Waals surface area contributed by atoms with Crippen molar-refractivity contribution in [2.75, 3.05) is 0 Å². The summed E-state index contributed by atoms with van der Waals surface area (Å²) in [5, 5.41) is 0.969. The summed E-state index contributed by atoms with van der Waals surface area (Å²) in [6.45, 7) is 5.83. The minimum atomic E-state index is -3.56. The van der Waals surface area contributed by atoms with E-state index in [0.717, 1.165) is 27.6 Å². The molecular weight excluding hydrogens is 282 g/mol. The van der Waals surface area contributed by atoms with E-state index in [1.807, 2.05) is 51.1 Å². The summed E-state index contributed by atoms with van der Waals surface area (Å²) in [5.41, 5.74) is 3.77. The highest BCUT2D eigenvalue weighted by Crippen LogP contribution is 2.26. The third-order valence-corrected chi connectivity index (χ3v) is 5.39. The van der Waals surface area contributed by atoms with Crippen LogP contribution in [0.3, 0.4) is 0 Å². The summed E-state index contributed by atoms with van der Waals surface area (Å²) in [6.07, 6.45) is 1.69. The first-order chi connectivity index (χ1) is 9.89. The van der Waals surface area contributed by atoms with Crippen molar-refractivity contribution in [3.63, 3.8) is 0 Å². The zero-order chi connectivity index (χ0) is 15.2. The van der Waals surface area contributed by atoms with Crippen LogP contribution in [0, 0.1) is 20.8 Å². The maximum absolute atomic E-state index is 12.8. The van der Waals surface area contributed by atoms with Gasteiger partial charge in [0.2, 0.25) is 0 Å². The lowest BCUT2D eigenvalue weighted by Crippen LogP contribution is -2.11. The Balaban J connectivity index is 2.28. The number of hydrogen-bond donors (Lipinski definition) is 0. The van der Waals surface area contributed by atoms with Gasteiger partial charge in [-0.25, -0.2) is 12.4 Å². The summed E-state index contributed by atoms with van der Waals surface area (Å²) in [7, 11) is -3.56. The number of benzene rings is 2. The lowest BCUT2D eigenvalue weighted by Gasteiger charge is -2.08. The van der Waals surface area contributed by atoms with E-state index in [4.69, 9.17) is 0 Å². The average molecular weight is 299 g/mol. The molecule has 0 amide bonds. The van der Waals surface area contributed by atoms with Crippen LogP contribution in [-0.2, 0) is 10.0 Å². The van der Waals surface area contributed by atoms with Crippen molar-refractivity contribution in [2.45, 2.75) is 25.7 Å². The van der Waals surface area contributed by atoms with Gasteiger partial charge in [-0.2, -0.15) is 0 Å². The molecule has 0 saturated carbocycles. The molecule has 0 unspecified atom stereocenters. The van der Waals surface area contributed by atoms with E-state index in [9.17, 15) is 8.42 Å². The van der Waals surface area contributed by atoms with Gasteiger partial charge in [0.05, 0.1) is 10.4 Å². The molecule has 0 fully saturated rings. The molecule has 3 rings (SSSR count). The van der Waals surface area contributed by atoms with Crippen LogP contribution in [0.4, 0.5) is 0 Å². The highest BCUT2D eigenvalue weighted by atomic mass is 32.2. The number of aryl methyl sites for hydroxylation is 3. The number of hydrogen-bond acceptors (Lipinski definition) is 2. The van der Waals surface area contributed by atoms with Crippen LogP contribution in [0.25, 0.3) is 10.9 Å². The molecule has 4 heteroatoms. The fourth-order valence-corrected chi connectivity index (χ4v) is 3.91. The summed E-state index contributed by atoms with van der Waals surface area (Å²) < 4.78 is 27.1. The zero-order valence-corrected chi connectivity index (χ0v) is 13.1. The largest absolute Gasteiger partial charge is 0.268 e. The summed E-state index contributed by atoms with van der Waals surface area (Å²) in [5.74, 6) is 0. The molecule has 0 saturated heterocycles. The fourth-order valence-electron chi connectivity index (χ4n) is 2.50. The van der Waals surface area contributed by atoms with Gasteiger partial charge in [-0.15, -0.1) is 0 Å². The quantitative estimate of drug-likeness (QED) is 0.722. The summed E-state index contributed by atoms with van der Waals surface area (Å²) in [6, 6.07) is 12.8. The Bertz CT molecular complexity index is 919. The predicted octanol–water partition coefficient (Wildman–Crippen LogP) is 3.80. The smallest absolute Gasteiger partial charge is 0.241 e. The molecule has 0 aliphatic rings. The Morgan fingerprint density at radius 2 is 1.48 bits per heavy atom. The highest BCUT2D eigenvalue weighted by Gasteiger charge is 2.20. The Kier molecular flexibility index (Phi) is 3.14. The third-order valence-electron chi connectivity index (χ3n) is 3.70. The second-order valence-corrected chi connectivity index (χ2v) is 7.26. The van der Waals surface area contributed by atoms with Crippen LogP contribution in [-0.4, -0.2) is 12.4 Å². The SMILES string of the molecule is Cc1ccc(S(=O)(=O)n2cc(C)c3ccc(C)cc32)cc1. The van der Waals surface area contributed by atoms with Crippen molar-refractivity contribution in [1.82, 2.24) is 3.97 Å². The number of aromatic nitrogens is 1. The molecule has 3 nitrogen and oxygen atoms in total. The van der Waals surface area contributed by atoms with Crippen molar-refractivity contribution in [2.24, 2.45) is 0 Å². The molecule has 0 aliphatic heterocycles. The van der Waals surface area contributed by atoms with E-state index in [-0.39, 0.29) is 0 Å². The normalized spacial score (nSPS) is 12.0. The molecule has 0 radical (unpaired) electrons. The summed E-state index contributed by atoms with van der Waals surface area (Å²) in [4.78, 5) is 0.312. The van der Waals surface area contributed by atoms with Gasteiger partial charge >= 0.3 is 0 Å². The van der Waals surface area contributed by atoms with E-state index in [1.54, 1.807) is 18.3 Å². The first-order valence-corrected chi connectivity index (χ1v) is 8.24. The van der Waals surface area contributed by atoms with Crippen molar-refractivity contribution in [3.05, 3.63) is 65.4 Å². The maximum atomic E-state index is 12.8. The van der Waals surface area contributed by atoms with Gasteiger partial charge in [-0.05, 0) is 50.1 Å². The molecular formula is C17H17NO2S. The second-order valence-electron chi connectivity index (χ2n) is 5.45. The lowest BCUT2D eigenvalue weighted by molar-refractivity contribution is 0.589. The topological polar surface area (TPSA) is 39.1 Å². The highest BCUT2D eigenvalue weighted by molar-refractivity contribution is 7.90. The molecule has 108 valence electrons. The van der Waals surface area contributed by atoms with Crippen molar-refractivity contribution >= 4 is 20.9 Å². The Morgan fingerprint density at radius 3 is 2.14 bits per heavy atom. The standard InChI is InChI=1S/C17H17NO2S/c1-12-4-7-15(8-5-12)21(19,20)18-11-14(3)16-9-6-13(2)10-17(16)18/h4-11H,1-3H3. The van der Waals surface area contributed by atoms with E-state index >= 15 is 0 Å². The van der Waals surface area contributed by atoms with Crippen LogP contribution >= 0.6 is 0 Å². The lowest BCUT2D eigenvalue weighted by atomic mass is 10.1. The first-order valence-electron chi connectivity index (χ1n) is 6.80. The first kappa shape index (κ1) is 13.9. The molecule has 21 heavy (non-hydrogen) atoms. The fraction of sp³-hybridized carbons (Fsp3) is 0.176. The molecule has 0 N–H and O–H groups in total. The minimum Gasteiger partial charge on any atom is -0.241 e. The van der Waals surface area contributed by atoms with E-state index in [0.29, 0.717) is 4.90 Å². The van der Waals surface area contributed by atoms with Crippen LogP contribution in [0.15, 0.2) is 53.6 Å². The van der Waals surface area contributed by atoms with Gasteiger partial charge in [-0.1, -0.05) is 29.8 Å². The van der Waals surface area contributed by atoms with E-state index < -0.39 is 10.0 Å². The van der Waals surface area contributed by atoms with Crippen LogP contribution < -0.4 is 0 Å². The average Bonchev–Trinajstić information content (AvgIpc) is 2.76. The van der Waals surface area contributed by atoms with Gasteiger partial charge < -0.3 is 0 Å². The van der Waals surface area contributed by atoms with Crippen molar-refractivity contribution in [3.8, 4) is 0 Å². The predicted molar refractivity (Wildman–Crippen MR) is 85.2 cm³/mol. The molecule has 2 aromatic carbocycles. The number of rotatable bonds is 2. The Labute approximate surface area is 124 Å². The molecule has 0 bridgehead atoms. The van der Waals surface area contributed by atoms with Gasteiger partial charge in [0.1, 0.15) is 0 Å². The van der Waals surface area contributed by atoms with Crippen molar-refractivity contribution in [1.29, 1.82) is 0 Å². The molecule has 0 aliphatic carbocycles. The molecule has 0 atom stereocenters. The number of fused-ring (bicyclic) bond motifs is 1. The van der Waals surface area contributed by atoms with Crippen LogP contribution in [0.5, 0.6) is 0 Å². The monoisotopic (exact) mass is 299 g/mol. The minimum absolute atomic E-state index is 0.312. The second kappa shape index (κ2) is 4.74. The van der Waals surface area contributed by atoms with E-state index in [1.165, 1.54) is 3.97 Å². The molecule has 1 aromatic heterocycles. The van der Waals surface area contributed by atoms with Gasteiger partial charge in [0, 0.05) is 11.6 Å². The number of nitrogens with zero attached hydrogens (tertiary/aromatic N) is 1. The van der Waals surface area contributed by atoms with Crippen LogP contribution in [0.2, 0.25) is 0 Å². The summed E-state index contributed by atoms with van der Waals surface area (Å²) >= 11 is 0. The van der Waals surface area contributed by atoms with Crippen molar-refractivity contribution < 1.29 is 8.42 Å². The molecule has 1 heterocycles. The third kappa shape index (κ3) is 2.25. The maximum Gasteiger partial charge on any atom is 0.268 e. The van der Waals surface area contributed by atoms with Gasteiger partial charge in [0.25, 0.3) is 10.0 Å². The van der Waals surface area contributed by atoms with Gasteiger partial charge in [0.15, 0.2) is 0 Å². The Hall–Kier alpha value is -2.07. The Morgan fingerprint density at radius 1 is 0.857 bits per heavy atom. The molecule has 0 spiro atoms.